The third-order valence-electron chi connectivity index (χ3n) is 4.47. The van der Waals surface area contributed by atoms with Crippen molar-refractivity contribution >= 4 is 12.1 Å². The first-order valence-electron chi connectivity index (χ1n) is 9.50. The molecule has 1 N–H and O–H groups in total. The van der Waals surface area contributed by atoms with E-state index in [4.69, 9.17) is 9.47 Å². The minimum Gasteiger partial charge on any atom is -0.456 e. The van der Waals surface area contributed by atoms with E-state index in [1.807, 2.05) is 27.7 Å². The van der Waals surface area contributed by atoms with Gasteiger partial charge in [0.15, 0.2) is 0 Å². The summed E-state index contributed by atoms with van der Waals surface area (Å²) in [5.41, 5.74) is -0.910. The van der Waals surface area contributed by atoms with Gasteiger partial charge < -0.3 is 14.8 Å². The predicted octanol–water partition coefficient (Wildman–Crippen LogP) is 5.10. The van der Waals surface area contributed by atoms with Crippen LogP contribution < -0.4 is 5.32 Å². The van der Waals surface area contributed by atoms with Gasteiger partial charge in [-0.25, -0.2) is 9.59 Å². The van der Waals surface area contributed by atoms with E-state index in [1.165, 1.54) is 0 Å². The lowest BCUT2D eigenvalue weighted by atomic mass is 9.78. The molecule has 0 bridgehead atoms. The number of hydrogen-bond acceptors (Lipinski definition) is 4. The summed E-state index contributed by atoms with van der Waals surface area (Å²) in [5, 5.41) is 2.87. The highest BCUT2D eigenvalue weighted by Crippen LogP contribution is 2.34. The Morgan fingerprint density at radius 1 is 1.15 bits per heavy atom. The van der Waals surface area contributed by atoms with Gasteiger partial charge >= 0.3 is 12.1 Å². The number of ether oxygens (including phenoxy) is 2. The van der Waals surface area contributed by atoms with Crippen molar-refractivity contribution in [3.8, 4) is 0 Å². The SMILES string of the molecule is C=CC(=O)OC(C)(C)CC(C)(CC)COC(=O)NCC(C)(C)CC(C)C. The second-order valence-electron chi connectivity index (χ2n) is 9.42. The monoisotopic (exact) mass is 369 g/mol. The molecule has 1 unspecified atom stereocenters. The third kappa shape index (κ3) is 10.5. The first-order chi connectivity index (χ1) is 11.7. The van der Waals surface area contributed by atoms with E-state index >= 15 is 0 Å². The normalized spacial score (nSPS) is 14.5. The van der Waals surface area contributed by atoms with Crippen molar-refractivity contribution in [3.05, 3.63) is 12.7 Å². The molecule has 152 valence electrons. The van der Waals surface area contributed by atoms with Gasteiger partial charge in [-0.3, -0.25) is 0 Å². The Hall–Kier alpha value is -1.52. The topological polar surface area (TPSA) is 64.6 Å². The van der Waals surface area contributed by atoms with Crippen LogP contribution in [-0.4, -0.2) is 30.8 Å². The number of esters is 1. The summed E-state index contributed by atoms with van der Waals surface area (Å²) in [6.07, 6.45) is 3.18. The zero-order valence-electron chi connectivity index (χ0n) is 18.0. The van der Waals surface area contributed by atoms with Gasteiger partial charge in [-0.05, 0) is 44.4 Å². The molecule has 5 nitrogen and oxygen atoms in total. The number of hydrogen-bond donors (Lipinski definition) is 1. The predicted molar refractivity (Wildman–Crippen MR) is 106 cm³/mol. The Bertz CT molecular complexity index is 482. The quantitative estimate of drug-likeness (QED) is 0.406. The highest BCUT2D eigenvalue weighted by molar-refractivity contribution is 5.81. The summed E-state index contributed by atoms with van der Waals surface area (Å²) in [4.78, 5) is 23.6. The molecule has 0 radical (unpaired) electrons. The van der Waals surface area contributed by atoms with Crippen LogP contribution in [0.3, 0.4) is 0 Å². The van der Waals surface area contributed by atoms with Crippen LogP contribution in [0.4, 0.5) is 4.79 Å². The highest BCUT2D eigenvalue weighted by atomic mass is 16.6. The van der Waals surface area contributed by atoms with E-state index in [1.54, 1.807) is 0 Å². The fraction of sp³-hybridized carbons (Fsp3) is 0.810. The first-order valence-corrected chi connectivity index (χ1v) is 9.50. The number of nitrogens with one attached hydrogen (secondary N) is 1. The lowest BCUT2D eigenvalue weighted by Crippen LogP contribution is -2.40. The maximum absolute atomic E-state index is 12.1. The molecule has 0 saturated carbocycles. The molecule has 0 aliphatic rings. The molecule has 26 heavy (non-hydrogen) atoms. The fourth-order valence-corrected chi connectivity index (χ4v) is 3.44. The molecule has 0 aliphatic carbocycles. The van der Waals surface area contributed by atoms with Gasteiger partial charge in [-0.1, -0.05) is 48.1 Å². The van der Waals surface area contributed by atoms with E-state index in [9.17, 15) is 9.59 Å². The standard InChI is InChI=1S/C21H39NO4/c1-10-17(23)26-20(7,8)13-21(9,11-2)15-25-18(24)22-14-19(5,6)12-16(3)4/h10,16H,1,11-15H2,2-9H3,(H,22,24). The molecule has 0 aromatic carbocycles. The van der Waals surface area contributed by atoms with Crippen LogP contribution in [0.2, 0.25) is 0 Å². The van der Waals surface area contributed by atoms with E-state index in [2.05, 4.69) is 39.6 Å². The average Bonchev–Trinajstić information content (AvgIpc) is 2.48. The van der Waals surface area contributed by atoms with E-state index in [0.29, 0.717) is 18.9 Å². The number of alkyl carbamates (subject to hydrolysis) is 1. The minimum absolute atomic E-state index is 0.0299. The van der Waals surface area contributed by atoms with E-state index in [-0.39, 0.29) is 17.4 Å². The Kier molecular flexibility index (Phi) is 9.40. The maximum Gasteiger partial charge on any atom is 0.407 e. The van der Waals surface area contributed by atoms with Crippen molar-refractivity contribution in [1.29, 1.82) is 0 Å². The van der Waals surface area contributed by atoms with Crippen LogP contribution in [0.25, 0.3) is 0 Å². The molecular formula is C21H39NO4. The molecule has 0 aromatic heterocycles. The lowest BCUT2D eigenvalue weighted by Gasteiger charge is -2.36. The third-order valence-corrected chi connectivity index (χ3v) is 4.47. The molecule has 1 atom stereocenters. The fourth-order valence-electron chi connectivity index (χ4n) is 3.44. The molecule has 0 saturated heterocycles. The average molecular weight is 370 g/mol. The highest BCUT2D eigenvalue weighted by Gasteiger charge is 2.35. The smallest absolute Gasteiger partial charge is 0.407 e. The molecule has 0 fully saturated rings. The summed E-state index contributed by atoms with van der Waals surface area (Å²) >= 11 is 0. The molecule has 0 rings (SSSR count). The molecule has 0 heterocycles. The largest absolute Gasteiger partial charge is 0.456 e. The van der Waals surface area contributed by atoms with Crippen LogP contribution in [0, 0.1) is 16.7 Å². The van der Waals surface area contributed by atoms with Crippen molar-refractivity contribution in [2.45, 2.75) is 80.3 Å². The zero-order valence-corrected chi connectivity index (χ0v) is 18.0. The summed E-state index contributed by atoms with van der Waals surface area (Å²) in [6, 6.07) is 0. The lowest BCUT2D eigenvalue weighted by molar-refractivity contribution is -0.153. The Labute approximate surface area is 159 Å². The molecule has 5 heteroatoms. The second kappa shape index (κ2) is 9.98. The molecular weight excluding hydrogens is 330 g/mol. The number of rotatable bonds is 11. The van der Waals surface area contributed by atoms with Crippen molar-refractivity contribution in [2.75, 3.05) is 13.2 Å². The minimum atomic E-state index is -0.658. The molecule has 0 aliphatic heterocycles. The van der Waals surface area contributed by atoms with Gasteiger partial charge in [0.25, 0.3) is 0 Å². The summed E-state index contributed by atoms with van der Waals surface area (Å²) in [7, 11) is 0. The van der Waals surface area contributed by atoms with E-state index in [0.717, 1.165) is 18.9 Å². The van der Waals surface area contributed by atoms with Crippen LogP contribution in [0.5, 0.6) is 0 Å². The van der Waals surface area contributed by atoms with Crippen LogP contribution >= 0.6 is 0 Å². The van der Waals surface area contributed by atoms with Gasteiger partial charge in [0.05, 0.1) is 6.61 Å². The van der Waals surface area contributed by atoms with Gasteiger partial charge in [-0.2, -0.15) is 0 Å². The first kappa shape index (κ1) is 24.5. The van der Waals surface area contributed by atoms with Gasteiger partial charge in [0.2, 0.25) is 0 Å². The molecule has 1 amide bonds. The van der Waals surface area contributed by atoms with Crippen LogP contribution in [-0.2, 0) is 14.3 Å². The Balaban J connectivity index is 4.60. The second-order valence-corrected chi connectivity index (χ2v) is 9.42. The van der Waals surface area contributed by atoms with Gasteiger partial charge in [0.1, 0.15) is 5.60 Å². The van der Waals surface area contributed by atoms with Gasteiger partial charge in [-0.15, -0.1) is 0 Å². The van der Waals surface area contributed by atoms with Crippen LogP contribution in [0.1, 0.15) is 74.7 Å². The maximum atomic E-state index is 12.1. The number of amides is 1. The van der Waals surface area contributed by atoms with Crippen molar-refractivity contribution in [1.82, 2.24) is 5.32 Å². The van der Waals surface area contributed by atoms with Crippen molar-refractivity contribution < 1.29 is 19.1 Å². The number of carbonyl (C=O) groups is 2. The molecule has 0 spiro atoms. The van der Waals surface area contributed by atoms with Crippen LogP contribution in [0.15, 0.2) is 12.7 Å². The summed E-state index contributed by atoms with van der Waals surface area (Å²) < 4.78 is 10.9. The van der Waals surface area contributed by atoms with Gasteiger partial charge in [0, 0.05) is 18.0 Å². The Morgan fingerprint density at radius 3 is 2.19 bits per heavy atom. The number of carbonyl (C=O) groups excluding carboxylic acids is 2. The molecule has 0 aromatic rings. The van der Waals surface area contributed by atoms with Crippen molar-refractivity contribution in [3.63, 3.8) is 0 Å². The summed E-state index contributed by atoms with van der Waals surface area (Å²) in [6.45, 7) is 20.7. The van der Waals surface area contributed by atoms with Crippen molar-refractivity contribution in [2.24, 2.45) is 16.7 Å². The van der Waals surface area contributed by atoms with E-state index < -0.39 is 17.7 Å². The Morgan fingerprint density at radius 2 is 1.73 bits per heavy atom. The summed E-state index contributed by atoms with van der Waals surface area (Å²) in [5.74, 6) is 0.131. The zero-order chi connectivity index (χ0) is 20.6.